The summed E-state index contributed by atoms with van der Waals surface area (Å²) >= 11 is 0. The lowest BCUT2D eigenvalue weighted by Gasteiger charge is -2.34. The molecule has 2 rings (SSSR count). The van der Waals surface area contributed by atoms with Crippen molar-refractivity contribution >= 4 is 17.8 Å². The molecule has 1 aromatic rings. The molecule has 1 N–H and O–H groups in total. The molecule has 1 atom stereocenters. The minimum Gasteiger partial charge on any atom is -0.466 e. The van der Waals surface area contributed by atoms with Crippen LogP contribution >= 0.6 is 0 Å². The Morgan fingerprint density at radius 1 is 1.36 bits per heavy atom. The van der Waals surface area contributed by atoms with E-state index in [1.165, 1.54) is 4.90 Å². The summed E-state index contributed by atoms with van der Waals surface area (Å²) in [7, 11) is 0. The maximum absolute atomic E-state index is 12.8. The molecule has 1 fully saturated rings. The van der Waals surface area contributed by atoms with Crippen LogP contribution in [0.4, 0.5) is 0 Å². The van der Waals surface area contributed by atoms with Gasteiger partial charge < -0.3 is 15.0 Å². The Labute approximate surface area is 148 Å². The van der Waals surface area contributed by atoms with Crippen LogP contribution in [0.2, 0.25) is 0 Å². The SMILES string of the molecule is Cc1cccc(C(=O)N2CCNC(=O)C2CC(=O)OCCC(C)C)c1. The first-order valence-corrected chi connectivity index (χ1v) is 8.69. The Kier molecular flexibility index (Phi) is 6.56. The molecule has 0 bridgehead atoms. The Morgan fingerprint density at radius 2 is 2.12 bits per heavy atom. The monoisotopic (exact) mass is 346 g/mol. The normalized spacial score (nSPS) is 17.4. The smallest absolute Gasteiger partial charge is 0.308 e. The highest BCUT2D eigenvalue weighted by Gasteiger charge is 2.35. The van der Waals surface area contributed by atoms with Gasteiger partial charge in [0.1, 0.15) is 6.04 Å². The number of carbonyl (C=O) groups excluding carboxylic acids is 3. The van der Waals surface area contributed by atoms with E-state index in [0.29, 0.717) is 31.2 Å². The van der Waals surface area contributed by atoms with Crippen LogP contribution in [0.25, 0.3) is 0 Å². The second-order valence-electron chi connectivity index (χ2n) is 6.78. The Morgan fingerprint density at radius 3 is 2.80 bits per heavy atom. The molecular formula is C19H26N2O4. The van der Waals surface area contributed by atoms with Gasteiger partial charge in [-0.2, -0.15) is 0 Å². The molecule has 0 radical (unpaired) electrons. The third kappa shape index (κ3) is 5.31. The van der Waals surface area contributed by atoms with Gasteiger partial charge in [-0.1, -0.05) is 31.5 Å². The first-order valence-electron chi connectivity index (χ1n) is 8.69. The van der Waals surface area contributed by atoms with Gasteiger partial charge in [-0.15, -0.1) is 0 Å². The number of carbonyl (C=O) groups is 3. The maximum atomic E-state index is 12.8. The van der Waals surface area contributed by atoms with Crippen molar-refractivity contribution in [1.82, 2.24) is 10.2 Å². The van der Waals surface area contributed by atoms with Crippen molar-refractivity contribution in [2.75, 3.05) is 19.7 Å². The zero-order valence-electron chi connectivity index (χ0n) is 15.1. The largest absolute Gasteiger partial charge is 0.466 e. The maximum Gasteiger partial charge on any atom is 0.308 e. The highest BCUT2D eigenvalue weighted by molar-refractivity contribution is 5.99. The number of aryl methyl sites for hydroxylation is 1. The fraction of sp³-hybridized carbons (Fsp3) is 0.526. The second-order valence-corrected chi connectivity index (χ2v) is 6.78. The van der Waals surface area contributed by atoms with Crippen molar-refractivity contribution in [1.29, 1.82) is 0 Å². The number of piperazine rings is 1. The lowest BCUT2D eigenvalue weighted by Crippen LogP contribution is -2.57. The topological polar surface area (TPSA) is 75.7 Å². The number of rotatable bonds is 6. The van der Waals surface area contributed by atoms with Gasteiger partial charge in [0.05, 0.1) is 13.0 Å². The Balaban J connectivity index is 2.06. The van der Waals surface area contributed by atoms with Gasteiger partial charge in [0, 0.05) is 18.7 Å². The summed E-state index contributed by atoms with van der Waals surface area (Å²) in [6.07, 6.45) is 0.649. The summed E-state index contributed by atoms with van der Waals surface area (Å²) in [5.41, 5.74) is 1.49. The summed E-state index contributed by atoms with van der Waals surface area (Å²) in [4.78, 5) is 38.5. The van der Waals surface area contributed by atoms with Gasteiger partial charge in [-0.3, -0.25) is 14.4 Å². The van der Waals surface area contributed by atoms with E-state index in [9.17, 15) is 14.4 Å². The molecule has 2 amide bonds. The van der Waals surface area contributed by atoms with Crippen molar-refractivity contribution in [2.24, 2.45) is 5.92 Å². The summed E-state index contributed by atoms with van der Waals surface area (Å²) in [6.45, 7) is 7.09. The minimum absolute atomic E-state index is 0.124. The third-order valence-electron chi connectivity index (χ3n) is 4.17. The van der Waals surface area contributed by atoms with Crippen molar-refractivity contribution in [2.45, 2.75) is 39.7 Å². The minimum atomic E-state index is -0.826. The number of esters is 1. The van der Waals surface area contributed by atoms with Crippen molar-refractivity contribution in [3.05, 3.63) is 35.4 Å². The highest BCUT2D eigenvalue weighted by Crippen LogP contribution is 2.16. The van der Waals surface area contributed by atoms with E-state index in [1.54, 1.807) is 12.1 Å². The van der Waals surface area contributed by atoms with Crippen LogP contribution < -0.4 is 5.32 Å². The van der Waals surface area contributed by atoms with Crippen LogP contribution in [0.3, 0.4) is 0 Å². The molecular weight excluding hydrogens is 320 g/mol. The van der Waals surface area contributed by atoms with E-state index >= 15 is 0 Å². The average Bonchev–Trinajstić information content (AvgIpc) is 2.55. The van der Waals surface area contributed by atoms with E-state index in [2.05, 4.69) is 5.32 Å². The predicted molar refractivity (Wildman–Crippen MR) is 94.0 cm³/mol. The number of benzene rings is 1. The van der Waals surface area contributed by atoms with E-state index in [-0.39, 0.29) is 18.2 Å². The fourth-order valence-electron chi connectivity index (χ4n) is 2.73. The van der Waals surface area contributed by atoms with Crippen molar-refractivity contribution < 1.29 is 19.1 Å². The molecule has 25 heavy (non-hydrogen) atoms. The molecule has 1 aromatic carbocycles. The molecule has 0 saturated carbocycles. The first-order chi connectivity index (χ1) is 11.9. The van der Waals surface area contributed by atoms with E-state index in [4.69, 9.17) is 4.74 Å². The lowest BCUT2D eigenvalue weighted by atomic mass is 10.1. The Hall–Kier alpha value is -2.37. The number of amides is 2. The summed E-state index contributed by atoms with van der Waals surface area (Å²) in [5, 5.41) is 2.72. The molecule has 1 saturated heterocycles. The van der Waals surface area contributed by atoms with Crippen LogP contribution in [0.1, 0.15) is 42.6 Å². The lowest BCUT2D eigenvalue weighted by molar-refractivity contribution is -0.148. The van der Waals surface area contributed by atoms with Crippen LogP contribution in [0.15, 0.2) is 24.3 Å². The van der Waals surface area contributed by atoms with Crippen LogP contribution in [0.5, 0.6) is 0 Å². The van der Waals surface area contributed by atoms with Crippen LogP contribution in [-0.2, 0) is 14.3 Å². The van der Waals surface area contributed by atoms with Gasteiger partial charge in [-0.25, -0.2) is 0 Å². The highest BCUT2D eigenvalue weighted by atomic mass is 16.5. The van der Waals surface area contributed by atoms with Gasteiger partial charge in [0.15, 0.2) is 0 Å². The van der Waals surface area contributed by atoms with E-state index < -0.39 is 12.0 Å². The predicted octanol–water partition coefficient (Wildman–Crippen LogP) is 1.92. The number of nitrogens with one attached hydrogen (secondary N) is 1. The van der Waals surface area contributed by atoms with Crippen molar-refractivity contribution in [3.63, 3.8) is 0 Å². The zero-order valence-corrected chi connectivity index (χ0v) is 15.1. The molecule has 136 valence electrons. The number of hydrogen-bond donors (Lipinski definition) is 1. The molecule has 1 aliphatic rings. The van der Waals surface area contributed by atoms with E-state index in [0.717, 1.165) is 12.0 Å². The third-order valence-corrected chi connectivity index (χ3v) is 4.17. The molecule has 6 nitrogen and oxygen atoms in total. The molecule has 1 heterocycles. The van der Waals surface area contributed by atoms with Crippen LogP contribution in [-0.4, -0.2) is 48.4 Å². The number of hydrogen-bond acceptors (Lipinski definition) is 4. The zero-order chi connectivity index (χ0) is 18.4. The number of nitrogens with zero attached hydrogens (tertiary/aromatic N) is 1. The van der Waals surface area contributed by atoms with Gasteiger partial charge in [0.25, 0.3) is 5.91 Å². The molecule has 0 aliphatic carbocycles. The number of ether oxygens (including phenoxy) is 1. The molecule has 1 unspecified atom stereocenters. The van der Waals surface area contributed by atoms with Crippen LogP contribution in [0, 0.1) is 12.8 Å². The van der Waals surface area contributed by atoms with Crippen molar-refractivity contribution in [3.8, 4) is 0 Å². The van der Waals surface area contributed by atoms with Gasteiger partial charge in [-0.05, 0) is 31.4 Å². The average molecular weight is 346 g/mol. The Bertz CT molecular complexity index is 642. The molecule has 0 spiro atoms. The summed E-state index contributed by atoms with van der Waals surface area (Å²) < 4.78 is 5.20. The standard InChI is InChI=1S/C19H26N2O4/c1-13(2)7-10-25-17(22)12-16-18(23)20-8-9-21(16)19(24)15-6-4-5-14(3)11-15/h4-6,11,13,16H,7-10,12H2,1-3H3,(H,20,23). The summed E-state index contributed by atoms with van der Waals surface area (Å²) in [6, 6.07) is 6.39. The quantitative estimate of drug-likeness (QED) is 0.799. The summed E-state index contributed by atoms with van der Waals surface area (Å²) in [5.74, 6) is -0.568. The van der Waals surface area contributed by atoms with E-state index in [1.807, 2.05) is 32.9 Å². The van der Waals surface area contributed by atoms with Gasteiger partial charge >= 0.3 is 5.97 Å². The fourth-order valence-corrected chi connectivity index (χ4v) is 2.73. The van der Waals surface area contributed by atoms with Gasteiger partial charge in [0.2, 0.25) is 5.91 Å². The molecule has 1 aliphatic heterocycles. The second kappa shape index (κ2) is 8.65. The molecule has 6 heteroatoms. The molecule has 0 aromatic heterocycles. The first kappa shape index (κ1) is 19.0.